The number of carbonyl (C=O) groups is 2. The number of hydrogen-bond acceptors (Lipinski definition) is 4. The van der Waals surface area contributed by atoms with Crippen LogP contribution in [0.15, 0.2) is 77.7 Å². The minimum Gasteiger partial charge on any atom is -0.352 e. The number of anilines is 1. The van der Waals surface area contributed by atoms with Gasteiger partial charge in [-0.05, 0) is 75.6 Å². The Labute approximate surface area is 236 Å². The molecule has 0 spiro atoms. The van der Waals surface area contributed by atoms with E-state index in [4.69, 9.17) is 11.6 Å². The first kappa shape index (κ1) is 30.2. The smallest absolute Gasteiger partial charge is 0.264 e. The molecule has 208 valence electrons. The Balaban J connectivity index is 2.07. The van der Waals surface area contributed by atoms with Crippen molar-refractivity contribution in [3.63, 3.8) is 0 Å². The zero-order valence-electron chi connectivity index (χ0n) is 23.0. The highest BCUT2D eigenvalue weighted by molar-refractivity contribution is 7.92. The Morgan fingerprint density at radius 2 is 1.54 bits per heavy atom. The lowest BCUT2D eigenvalue weighted by atomic mass is 10.1. The van der Waals surface area contributed by atoms with E-state index in [1.54, 1.807) is 61.5 Å². The van der Waals surface area contributed by atoms with E-state index >= 15 is 0 Å². The summed E-state index contributed by atoms with van der Waals surface area (Å²) in [6.07, 6.45) is 0.354. The van der Waals surface area contributed by atoms with E-state index in [1.165, 1.54) is 17.0 Å². The highest BCUT2D eigenvalue weighted by atomic mass is 35.5. The summed E-state index contributed by atoms with van der Waals surface area (Å²) in [6, 6.07) is 19.7. The van der Waals surface area contributed by atoms with Crippen LogP contribution in [0.1, 0.15) is 43.9 Å². The zero-order chi connectivity index (χ0) is 28.7. The van der Waals surface area contributed by atoms with Crippen LogP contribution in [0.3, 0.4) is 0 Å². The van der Waals surface area contributed by atoms with Crippen molar-refractivity contribution >= 4 is 39.1 Å². The van der Waals surface area contributed by atoms with E-state index in [0.717, 1.165) is 15.4 Å². The largest absolute Gasteiger partial charge is 0.352 e. The lowest BCUT2D eigenvalue weighted by Crippen LogP contribution is -2.53. The highest BCUT2D eigenvalue weighted by Crippen LogP contribution is 2.28. The van der Waals surface area contributed by atoms with Gasteiger partial charge in [0.05, 0.1) is 10.6 Å². The molecule has 3 aromatic carbocycles. The predicted octanol–water partition coefficient (Wildman–Crippen LogP) is 5.48. The molecule has 1 N–H and O–H groups in total. The standard InChI is InChI=1S/C30H36ClN3O4S/c1-6-27(30(36)32-21(2)3)33(19-24-13-15-25(31)16-14-24)29(35)20-34(28-10-8-7-9-23(28)5)39(37,38)26-17-11-22(4)12-18-26/h7-18,21,27H,6,19-20H2,1-5H3,(H,32,36)/t27-/m0/s1. The van der Waals surface area contributed by atoms with Crippen LogP contribution in [0, 0.1) is 13.8 Å². The molecule has 3 rings (SSSR count). The molecule has 1 atom stereocenters. The maximum Gasteiger partial charge on any atom is 0.264 e. The normalized spacial score (nSPS) is 12.2. The Morgan fingerprint density at radius 1 is 0.923 bits per heavy atom. The summed E-state index contributed by atoms with van der Waals surface area (Å²) < 4.78 is 29.0. The van der Waals surface area contributed by atoms with Crippen molar-refractivity contribution in [1.82, 2.24) is 10.2 Å². The van der Waals surface area contributed by atoms with Crippen LogP contribution in [0.5, 0.6) is 0 Å². The Bertz CT molecular complexity index is 1390. The summed E-state index contributed by atoms with van der Waals surface area (Å²) in [4.78, 5) is 28.8. The molecule has 0 bridgehead atoms. The van der Waals surface area contributed by atoms with Gasteiger partial charge in [-0.1, -0.05) is 66.6 Å². The summed E-state index contributed by atoms with van der Waals surface area (Å²) in [7, 11) is -4.10. The zero-order valence-corrected chi connectivity index (χ0v) is 24.6. The van der Waals surface area contributed by atoms with E-state index < -0.39 is 28.5 Å². The van der Waals surface area contributed by atoms with E-state index in [9.17, 15) is 18.0 Å². The average molecular weight is 570 g/mol. The van der Waals surface area contributed by atoms with Crippen LogP contribution in [-0.4, -0.2) is 43.8 Å². The number of hydrogen-bond donors (Lipinski definition) is 1. The third-order valence-corrected chi connectivity index (χ3v) is 8.38. The minimum atomic E-state index is -4.10. The van der Waals surface area contributed by atoms with Crippen LogP contribution in [0.25, 0.3) is 0 Å². The number of amides is 2. The van der Waals surface area contributed by atoms with Crippen LogP contribution in [0.4, 0.5) is 5.69 Å². The summed E-state index contributed by atoms with van der Waals surface area (Å²) in [5.41, 5.74) is 2.79. The monoisotopic (exact) mass is 569 g/mol. The van der Waals surface area contributed by atoms with Gasteiger partial charge in [0.2, 0.25) is 11.8 Å². The van der Waals surface area contributed by atoms with Gasteiger partial charge in [-0.25, -0.2) is 8.42 Å². The first-order valence-electron chi connectivity index (χ1n) is 12.9. The molecule has 3 aromatic rings. The van der Waals surface area contributed by atoms with Crippen LogP contribution >= 0.6 is 11.6 Å². The molecule has 0 unspecified atom stereocenters. The molecular weight excluding hydrogens is 534 g/mol. The van der Waals surface area contributed by atoms with E-state index in [-0.39, 0.29) is 23.4 Å². The van der Waals surface area contributed by atoms with Crippen molar-refractivity contribution in [3.8, 4) is 0 Å². The van der Waals surface area contributed by atoms with Crippen molar-refractivity contribution in [2.75, 3.05) is 10.8 Å². The molecule has 0 aromatic heterocycles. The van der Waals surface area contributed by atoms with Crippen molar-refractivity contribution in [1.29, 1.82) is 0 Å². The molecule has 0 saturated carbocycles. The Hall–Kier alpha value is -3.36. The second-order valence-electron chi connectivity index (χ2n) is 9.85. The molecule has 0 aliphatic carbocycles. The van der Waals surface area contributed by atoms with E-state index in [2.05, 4.69) is 5.32 Å². The van der Waals surface area contributed by atoms with Crippen molar-refractivity contribution in [2.45, 2.75) is 64.6 Å². The maximum absolute atomic E-state index is 14.0. The maximum atomic E-state index is 14.0. The highest BCUT2D eigenvalue weighted by Gasteiger charge is 2.34. The fourth-order valence-electron chi connectivity index (χ4n) is 4.28. The van der Waals surface area contributed by atoms with Gasteiger partial charge in [0.1, 0.15) is 12.6 Å². The molecule has 0 aliphatic rings. The van der Waals surface area contributed by atoms with Gasteiger partial charge in [-0.2, -0.15) is 0 Å². The lowest BCUT2D eigenvalue weighted by Gasteiger charge is -2.34. The van der Waals surface area contributed by atoms with Crippen molar-refractivity contribution < 1.29 is 18.0 Å². The minimum absolute atomic E-state index is 0.0815. The second kappa shape index (κ2) is 13.1. The fourth-order valence-corrected chi connectivity index (χ4v) is 5.89. The number of sulfonamides is 1. The first-order chi connectivity index (χ1) is 18.4. The first-order valence-corrected chi connectivity index (χ1v) is 14.7. The molecule has 0 saturated heterocycles. The van der Waals surface area contributed by atoms with Crippen LogP contribution < -0.4 is 9.62 Å². The lowest BCUT2D eigenvalue weighted by molar-refractivity contribution is -0.140. The van der Waals surface area contributed by atoms with Crippen LogP contribution in [-0.2, 0) is 26.2 Å². The second-order valence-corrected chi connectivity index (χ2v) is 12.1. The molecule has 39 heavy (non-hydrogen) atoms. The van der Waals surface area contributed by atoms with Gasteiger partial charge < -0.3 is 10.2 Å². The number of aryl methyl sites for hydroxylation is 2. The van der Waals surface area contributed by atoms with Crippen molar-refractivity contribution in [3.05, 3.63) is 94.5 Å². The quantitative estimate of drug-likeness (QED) is 0.331. The number of nitrogens with one attached hydrogen (secondary N) is 1. The fraction of sp³-hybridized carbons (Fsp3) is 0.333. The summed E-state index contributed by atoms with van der Waals surface area (Å²) in [6.45, 7) is 8.85. The number of halogens is 1. The van der Waals surface area contributed by atoms with Gasteiger partial charge in [0.15, 0.2) is 0 Å². The third-order valence-electron chi connectivity index (χ3n) is 6.36. The average Bonchev–Trinajstić information content (AvgIpc) is 2.88. The number of rotatable bonds is 11. The number of nitrogens with zero attached hydrogens (tertiary/aromatic N) is 2. The van der Waals surface area contributed by atoms with Gasteiger partial charge in [-0.15, -0.1) is 0 Å². The number of para-hydroxylation sites is 1. The molecule has 0 radical (unpaired) electrons. The van der Waals surface area contributed by atoms with Crippen LogP contribution in [0.2, 0.25) is 5.02 Å². The number of benzene rings is 3. The molecule has 0 fully saturated rings. The third kappa shape index (κ3) is 7.61. The molecule has 9 heteroatoms. The van der Waals surface area contributed by atoms with Gasteiger partial charge in [-0.3, -0.25) is 13.9 Å². The molecule has 7 nitrogen and oxygen atoms in total. The summed E-state index contributed by atoms with van der Waals surface area (Å²) in [5, 5.41) is 3.45. The Kier molecular flexibility index (Phi) is 10.2. The predicted molar refractivity (Wildman–Crippen MR) is 156 cm³/mol. The van der Waals surface area contributed by atoms with Gasteiger partial charge in [0, 0.05) is 17.6 Å². The van der Waals surface area contributed by atoms with E-state index in [1.807, 2.05) is 33.8 Å². The summed E-state index contributed by atoms with van der Waals surface area (Å²) >= 11 is 6.06. The molecule has 2 amide bonds. The molecular formula is C30H36ClN3O4S. The Morgan fingerprint density at radius 3 is 2.10 bits per heavy atom. The summed E-state index contributed by atoms with van der Waals surface area (Å²) in [5.74, 6) is -0.784. The molecule has 0 heterocycles. The van der Waals surface area contributed by atoms with Crippen molar-refractivity contribution in [2.24, 2.45) is 0 Å². The SMILES string of the molecule is CC[C@@H](C(=O)NC(C)C)N(Cc1ccc(Cl)cc1)C(=O)CN(c1ccccc1C)S(=O)(=O)c1ccc(C)cc1. The number of carbonyl (C=O) groups excluding carboxylic acids is 2. The molecule has 0 aliphatic heterocycles. The topological polar surface area (TPSA) is 86.8 Å². The van der Waals surface area contributed by atoms with Gasteiger partial charge in [0.25, 0.3) is 10.0 Å². The van der Waals surface area contributed by atoms with Gasteiger partial charge >= 0.3 is 0 Å². The van der Waals surface area contributed by atoms with E-state index in [0.29, 0.717) is 22.7 Å².